The summed E-state index contributed by atoms with van der Waals surface area (Å²) in [4.78, 5) is 20.5. The zero-order valence-corrected chi connectivity index (χ0v) is 27.8. The maximum Gasteiger partial charge on any atom is 0.179 e. The van der Waals surface area contributed by atoms with E-state index >= 15 is 0 Å². The second kappa shape index (κ2) is 14.0. The zero-order chi connectivity index (χ0) is 32.1. The molecule has 0 amide bonds. The lowest BCUT2D eigenvalue weighted by molar-refractivity contribution is 0.303. The summed E-state index contributed by atoms with van der Waals surface area (Å²) < 4.78 is 45.4. The van der Waals surface area contributed by atoms with E-state index in [1.54, 1.807) is 42.6 Å². The average molecular weight is 720 g/mol. The number of halogens is 2. The summed E-state index contributed by atoms with van der Waals surface area (Å²) in [6.45, 7) is 1.12. The molecule has 0 saturated heterocycles. The molecule has 0 radical (unpaired) electrons. The van der Waals surface area contributed by atoms with Gasteiger partial charge in [-0.05, 0) is 77.1 Å². The average Bonchev–Trinajstić information content (AvgIpc) is 3.52. The number of nitrogens with one attached hydrogen (secondary N) is 1. The molecule has 1 N–H and O–H groups in total. The van der Waals surface area contributed by atoms with Crippen molar-refractivity contribution in [1.82, 2.24) is 24.8 Å². The van der Waals surface area contributed by atoms with Crippen LogP contribution in [-0.2, 0) is 23.0 Å². The van der Waals surface area contributed by atoms with Crippen LogP contribution >= 0.6 is 27.3 Å². The van der Waals surface area contributed by atoms with Crippen LogP contribution in [0.2, 0.25) is 0 Å². The van der Waals surface area contributed by atoms with Gasteiger partial charge in [-0.3, -0.25) is 9.88 Å². The number of ether oxygens (including phenoxy) is 1. The molecule has 0 atom stereocenters. The smallest absolute Gasteiger partial charge is 0.179 e. The van der Waals surface area contributed by atoms with Crippen molar-refractivity contribution in [2.24, 2.45) is 0 Å². The lowest BCUT2D eigenvalue weighted by atomic mass is 10.2. The molecular formula is C33H28BrFN6O3S2. The summed E-state index contributed by atoms with van der Waals surface area (Å²) in [6.07, 6.45) is 3.17. The summed E-state index contributed by atoms with van der Waals surface area (Å²) in [5, 5.41) is 6.92. The van der Waals surface area contributed by atoms with E-state index in [1.807, 2.05) is 47.7 Å². The summed E-state index contributed by atoms with van der Waals surface area (Å²) in [5.74, 6) is 0.942. The van der Waals surface area contributed by atoms with Gasteiger partial charge in [0.15, 0.2) is 9.84 Å². The molecule has 0 saturated carbocycles. The maximum atomic E-state index is 13.5. The molecule has 0 unspecified atom stereocenters. The van der Waals surface area contributed by atoms with Crippen LogP contribution in [0.5, 0.6) is 5.75 Å². The Morgan fingerprint density at radius 1 is 0.978 bits per heavy atom. The number of rotatable bonds is 12. The summed E-state index contributed by atoms with van der Waals surface area (Å²) >= 11 is 5.06. The van der Waals surface area contributed by atoms with Gasteiger partial charge in [0.2, 0.25) is 0 Å². The van der Waals surface area contributed by atoms with Gasteiger partial charge in [-0.1, -0.05) is 30.3 Å². The Bertz CT molecular complexity index is 2100. The third-order valence-corrected chi connectivity index (χ3v) is 10.2. The highest BCUT2D eigenvalue weighted by Gasteiger charge is 2.17. The summed E-state index contributed by atoms with van der Waals surface area (Å²) in [6, 6.07) is 22.3. The van der Waals surface area contributed by atoms with Crippen molar-refractivity contribution >= 4 is 59.5 Å². The van der Waals surface area contributed by atoms with E-state index in [-0.39, 0.29) is 18.2 Å². The van der Waals surface area contributed by atoms with Gasteiger partial charge >= 0.3 is 0 Å². The Morgan fingerprint density at radius 2 is 1.83 bits per heavy atom. The topological polar surface area (TPSA) is 110 Å². The predicted molar refractivity (Wildman–Crippen MR) is 181 cm³/mol. The molecule has 13 heteroatoms. The van der Waals surface area contributed by atoms with Crippen LogP contribution < -0.4 is 10.1 Å². The number of thiazole rings is 1. The monoisotopic (exact) mass is 718 g/mol. The van der Waals surface area contributed by atoms with Gasteiger partial charge in [-0.25, -0.2) is 27.8 Å². The number of benzene rings is 3. The molecule has 46 heavy (non-hydrogen) atoms. The normalized spacial score (nSPS) is 11.7. The minimum absolute atomic E-state index is 0.0228. The van der Waals surface area contributed by atoms with E-state index in [2.05, 4.69) is 36.2 Å². The number of hydrogen-bond donors (Lipinski definition) is 1. The van der Waals surface area contributed by atoms with E-state index in [0.717, 1.165) is 26.1 Å². The molecule has 0 fully saturated rings. The fourth-order valence-electron chi connectivity index (χ4n) is 4.65. The highest BCUT2D eigenvalue weighted by Crippen LogP contribution is 2.32. The van der Waals surface area contributed by atoms with Crippen LogP contribution in [0.3, 0.4) is 0 Å². The fourth-order valence-corrected chi connectivity index (χ4v) is 7.37. The lowest BCUT2D eigenvalue weighted by Gasteiger charge is -2.15. The third-order valence-electron chi connectivity index (χ3n) is 7.06. The van der Waals surface area contributed by atoms with E-state index in [1.165, 1.54) is 29.8 Å². The summed E-state index contributed by atoms with van der Waals surface area (Å²) in [7, 11) is -1.48. The molecule has 3 aromatic heterocycles. The highest BCUT2D eigenvalue weighted by atomic mass is 79.9. The van der Waals surface area contributed by atoms with E-state index in [4.69, 9.17) is 9.72 Å². The molecule has 0 aliphatic rings. The Morgan fingerprint density at radius 3 is 2.63 bits per heavy atom. The van der Waals surface area contributed by atoms with Crippen molar-refractivity contribution in [3.63, 3.8) is 0 Å². The van der Waals surface area contributed by atoms with Gasteiger partial charge in [0, 0.05) is 23.0 Å². The van der Waals surface area contributed by atoms with Crippen LogP contribution in [0.25, 0.3) is 22.3 Å². The minimum atomic E-state index is -3.36. The first-order valence-electron chi connectivity index (χ1n) is 14.2. The van der Waals surface area contributed by atoms with Gasteiger partial charge in [0.05, 0.1) is 44.8 Å². The van der Waals surface area contributed by atoms with Gasteiger partial charge in [-0.2, -0.15) is 0 Å². The van der Waals surface area contributed by atoms with E-state index < -0.39 is 9.84 Å². The second-order valence-corrected chi connectivity index (χ2v) is 14.4. The molecule has 9 nitrogen and oxygen atoms in total. The predicted octanol–water partition coefficient (Wildman–Crippen LogP) is 7.28. The molecular weight excluding hydrogens is 691 g/mol. The molecule has 3 heterocycles. The quantitative estimate of drug-likeness (QED) is 0.140. The Balaban J connectivity index is 1.13. The van der Waals surface area contributed by atoms with Crippen molar-refractivity contribution in [3.8, 4) is 17.1 Å². The first kappa shape index (κ1) is 31.7. The van der Waals surface area contributed by atoms with Crippen molar-refractivity contribution in [2.75, 3.05) is 24.7 Å². The number of aromatic nitrogens is 4. The largest absolute Gasteiger partial charge is 0.488 e. The van der Waals surface area contributed by atoms with E-state index in [0.29, 0.717) is 46.5 Å². The van der Waals surface area contributed by atoms with Crippen LogP contribution in [0.1, 0.15) is 10.6 Å². The molecule has 0 spiro atoms. The van der Waals surface area contributed by atoms with Gasteiger partial charge in [0.25, 0.3) is 0 Å². The van der Waals surface area contributed by atoms with Crippen LogP contribution in [-0.4, -0.2) is 52.6 Å². The van der Waals surface area contributed by atoms with Crippen LogP contribution in [0.15, 0.2) is 106 Å². The van der Waals surface area contributed by atoms with Gasteiger partial charge in [-0.15, -0.1) is 11.3 Å². The van der Waals surface area contributed by atoms with E-state index in [9.17, 15) is 12.8 Å². The molecule has 6 aromatic rings. The van der Waals surface area contributed by atoms with Crippen molar-refractivity contribution in [2.45, 2.75) is 18.0 Å². The van der Waals surface area contributed by atoms with Gasteiger partial charge in [0.1, 0.15) is 35.3 Å². The first-order valence-corrected chi connectivity index (χ1v) is 17.5. The highest BCUT2D eigenvalue weighted by molar-refractivity contribution is 9.10. The number of anilines is 2. The molecule has 0 aliphatic heterocycles. The van der Waals surface area contributed by atoms with Gasteiger partial charge < -0.3 is 10.1 Å². The Hall–Kier alpha value is -4.30. The van der Waals surface area contributed by atoms with Crippen molar-refractivity contribution in [3.05, 3.63) is 118 Å². The number of hydrogen-bond acceptors (Lipinski definition) is 10. The number of fused-ring (bicyclic) bond motifs is 1. The number of sulfone groups is 1. The summed E-state index contributed by atoms with van der Waals surface area (Å²) in [5.41, 5.74) is 3.57. The first-order chi connectivity index (χ1) is 22.2. The second-order valence-electron chi connectivity index (χ2n) is 10.5. The minimum Gasteiger partial charge on any atom is -0.488 e. The Kier molecular flexibility index (Phi) is 9.64. The fraction of sp³-hybridized carbons (Fsp3) is 0.152. The van der Waals surface area contributed by atoms with Crippen LogP contribution in [0.4, 0.5) is 15.9 Å². The molecule has 234 valence electrons. The lowest BCUT2D eigenvalue weighted by Crippen LogP contribution is -2.25. The number of pyridine rings is 1. The van der Waals surface area contributed by atoms with Crippen molar-refractivity contribution < 1.29 is 17.5 Å². The SMILES string of the molecule is CN(CCS(=O)(=O)c1ccccc1)Cc1nc(-c2cc3c(Nc4ccc(OCc5cccc(F)c5)c(Br)c4)ncnc3cn2)cs1. The molecule has 3 aromatic carbocycles. The Labute approximate surface area is 278 Å². The molecule has 0 aliphatic carbocycles. The molecule has 0 bridgehead atoms. The molecule has 6 rings (SSSR count). The third kappa shape index (κ3) is 7.73. The standard InChI is InChI=1S/C33H28BrFN6O3S2/c1-41(12-13-46(42,43)25-8-3-2-4-9-25)18-32-40-30(20-45-32)28-16-26-29(17-36-28)37-21-38-33(26)39-24-10-11-31(27(34)15-24)44-19-22-6-5-7-23(35)14-22/h2-11,14-17,20-21H,12-13,18-19H2,1H3,(H,37,38,39). The number of nitrogens with zero attached hydrogens (tertiary/aromatic N) is 5. The van der Waals surface area contributed by atoms with Crippen LogP contribution in [0, 0.1) is 5.82 Å². The zero-order valence-electron chi connectivity index (χ0n) is 24.6. The maximum absolute atomic E-state index is 13.5. The van der Waals surface area contributed by atoms with Crippen molar-refractivity contribution in [1.29, 1.82) is 0 Å².